The van der Waals surface area contributed by atoms with Crippen LogP contribution in [-0.4, -0.2) is 31.2 Å². The van der Waals surface area contributed by atoms with Crippen molar-refractivity contribution >= 4 is 6.09 Å². The number of nitrogens with zero attached hydrogens (tertiary/aromatic N) is 1. The first-order chi connectivity index (χ1) is 8.05. The lowest BCUT2D eigenvalue weighted by atomic mass is 9.96. The Labute approximate surface area is 101 Å². The number of ether oxygens (including phenoxy) is 2. The average Bonchev–Trinajstić information content (AvgIpc) is 2.55. The van der Waals surface area contributed by atoms with Crippen LogP contribution in [0.1, 0.15) is 19.4 Å². The zero-order chi connectivity index (χ0) is 12.5. The van der Waals surface area contributed by atoms with E-state index in [2.05, 4.69) is 0 Å². The van der Waals surface area contributed by atoms with Crippen LogP contribution in [0.25, 0.3) is 0 Å². The van der Waals surface area contributed by atoms with Gasteiger partial charge >= 0.3 is 6.09 Å². The fourth-order valence-corrected chi connectivity index (χ4v) is 2.04. The van der Waals surface area contributed by atoms with Gasteiger partial charge in [-0.1, -0.05) is 12.1 Å². The van der Waals surface area contributed by atoms with Crippen molar-refractivity contribution < 1.29 is 14.3 Å². The summed E-state index contributed by atoms with van der Waals surface area (Å²) in [6.45, 7) is 5.08. The van der Waals surface area contributed by atoms with Gasteiger partial charge in [-0.2, -0.15) is 0 Å². The molecule has 1 atom stereocenters. The number of carbonyl (C=O) groups is 1. The molecule has 4 nitrogen and oxygen atoms in total. The van der Waals surface area contributed by atoms with E-state index < -0.39 is 5.60 Å². The van der Waals surface area contributed by atoms with Gasteiger partial charge < -0.3 is 14.4 Å². The molecule has 1 saturated heterocycles. The highest BCUT2D eigenvalue weighted by Gasteiger charge is 2.40. The van der Waals surface area contributed by atoms with Gasteiger partial charge in [-0.15, -0.1) is 0 Å². The minimum absolute atomic E-state index is 0.276. The molecule has 1 aromatic rings. The predicted molar refractivity (Wildman–Crippen MR) is 64.1 cm³/mol. The van der Waals surface area contributed by atoms with Crippen LogP contribution in [-0.2, 0) is 10.3 Å². The maximum Gasteiger partial charge on any atom is 0.410 e. The van der Waals surface area contributed by atoms with E-state index in [1.54, 1.807) is 11.9 Å². The molecule has 1 unspecified atom stereocenters. The van der Waals surface area contributed by atoms with Gasteiger partial charge in [-0.25, -0.2) is 4.79 Å². The fourth-order valence-electron chi connectivity index (χ4n) is 2.04. The first-order valence-corrected chi connectivity index (χ1v) is 5.72. The second-order valence-corrected chi connectivity index (χ2v) is 4.41. The molecule has 0 aliphatic carbocycles. The summed E-state index contributed by atoms with van der Waals surface area (Å²) in [5.41, 5.74) is 0.426. The molecule has 4 heteroatoms. The summed E-state index contributed by atoms with van der Waals surface area (Å²) in [6.07, 6.45) is -0.276. The lowest BCUT2D eigenvalue weighted by Gasteiger charge is -2.22. The maximum atomic E-state index is 11.4. The summed E-state index contributed by atoms with van der Waals surface area (Å²) < 4.78 is 10.8. The number of rotatable bonds is 3. The van der Waals surface area contributed by atoms with Crippen LogP contribution in [0.5, 0.6) is 5.75 Å². The molecule has 1 amide bonds. The van der Waals surface area contributed by atoms with E-state index >= 15 is 0 Å². The lowest BCUT2D eigenvalue weighted by molar-refractivity contribution is 0.0701. The molecule has 17 heavy (non-hydrogen) atoms. The van der Waals surface area contributed by atoms with E-state index in [4.69, 9.17) is 9.47 Å². The molecule has 1 heterocycles. The molecule has 0 aromatic heterocycles. The van der Waals surface area contributed by atoms with Gasteiger partial charge in [0, 0.05) is 7.05 Å². The van der Waals surface area contributed by atoms with Gasteiger partial charge in [-0.3, -0.25) is 0 Å². The third-order valence-corrected chi connectivity index (χ3v) is 2.94. The number of benzene rings is 1. The minimum Gasteiger partial charge on any atom is -0.494 e. The molecule has 2 rings (SSSR count). The molecular formula is C13H17NO3. The molecule has 0 N–H and O–H groups in total. The summed E-state index contributed by atoms with van der Waals surface area (Å²) in [5.74, 6) is 0.831. The van der Waals surface area contributed by atoms with Crippen LogP contribution in [0.3, 0.4) is 0 Å². The summed E-state index contributed by atoms with van der Waals surface area (Å²) >= 11 is 0. The Balaban J connectivity index is 2.20. The molecular weight excluding hydrogens is 218 g/mol. The number of amides is 1. The van der Waals surface area contributed by atoms with E-state index in [0.717, 1.165) is 11.3 Å². The molecule has 0 spiro atoms. The number of cyclic esters (lactones) is 1. The Bertz CT molecular complexity index is 415. The van der Waals surface area contributed by atoms with Gasteiger partial charge in [0.15, 0.2) is 5.60 Å². The van der Waals surface area contributed by atoms with Crippen LogP contribution < -0.4 is 4.74 Å². The van der Waals surface area contributed by atoms with E-state index in [1.165, 1.54) is 0 Å². The van der Waals surface area contributed by atoms with Crippen LogP contribution in [0.2, 0.25) is 0 Å². The highest BCUT2D eigenvalue weighted by molar-refractivity contribution is 5.70. The normalized spacial score (nSPS) is 23.7. The quantitative estimate of drug-likeness (QED) is 0.807. The third kappa shape index (κ3) is 2.20. The zero-order valence-electron chi connectivity index (χ0n) is 10.4. The largest absolute Gasteiger partial charge is 0.494 e. The van der Waals surface area contributed by atoms with Crippen LogP contribution in [0.15, 0.2) is 24.3 Å². The van der Waals surface area contributed by atoms with Crippen LogP contribution in [0.4, 0.5) is 4.79 Å². The lowest BCUT2D eigenvalue weighted by Crippen LogP contribution is -2.27. The minimum atomic E-state index is -0.559. The third-order valence-electron chi connectivity index (χ3n) is 2.94. The van der Waals surface area contributed by atoms with Crippen molar-refractivity contribution in [2.75, 3.05) is 20.2 Å². The molecule has 1 aliphatic heterocycles. The van der Waals surface area contributed by atoms with Gasteiger partial charge in [0.05, 0.1) is 13.2 Å². The van der Waals surface area contributed by atoms with E-state index in [1.807, 2.05) is 38.1 Å². The number of hydrogen-bond donors (Lipinski definition) is 0. The van der Waals surface area contributed by atoms with Crippen LogP contribution in [0, 0.1) is 0 Å². The summed E-state index contributed by atoms with van der Waals surface area (Å²) in [6, 6.07) is 7.68. The predicted octanol–water partition coefficient (Wildman–Crippen LogP) is 2.38. The second-order valence-electron chi connectivity index (χ2n) is 4.41. The Hall–Kier alpha value is -1.71. The highest BCUT2D eigenvalue weighted by Crippen LogP contribution is 2.32. The van der Waals surface area contributed by atoms with E-state index in [-0.39, 0.29) is 6.09 Å². The molecule has 1 aliphatic rings. The fraction of sp³-hybridized carbons (Fsp3) is 0.462. The standard InChI is InChI=1S/C13H17NO3/c1-4-16-11-7-5-10(6-8-11)13(2)9-14(3)12(15)17-13/h5-8H,4,9H2,1-3H3. The van der Waals surface area contributed by atoms with E-state index in [9.17, 15) is 4.79 Å². The number of likely N-dealkylation sites (N-methyl/N-ethyl adjacent to an activating group) is 1. The SMILES string of the molecule is CCOc1ccc(C2(C)CN(C)C(=O)O2)cc1. The molecule has 1 aromatic carbocycles. The van der Waals surface area contributed by atoms with Crippen molar-refractivity contribution in [3.63, 3.8) is 0 Å². The Morgan fingerprint density at radius 2 is 2.06 bits per heavy atom. The van der Waals surface area contributed by atoms with Crippen molar-refractivity contribution in [3.8, 4) is 5.75 Å². The van der Waals surface area contributed by atoms with Crippen molar-refractivity contribution in [3.05, 3.63) is 29.8 Å². The van der Waals surface area contributed by atoms with Crippen molar-refractivity contribution in [2.45, 2.75) is 19.4 Å². The number of hydrogen-bond acceptors (Lipinski definition) is 3. The summed E-state index contributed by atoms with van der Waals surface area (Å²) in [7, 11) is 1.74. The molecule has 92 valence electrons. The van der Waals surface area contributed by atoms with Gasteiger partial charge in [0.2, 0.25) is 0 Å². The van der Waals surface area contributed by atoms with Gasteiger partial charge in [0.25, 0.3) is 0 Å². The zero-order valence-corrected chi connectivity index (χ0v) is 10.4. The Morgan fingerprint density at radius 3 is 2.53 bits per heavy atom. The molecule has 1 fully saturated rings. The number of carbonyl (C=O) groups excluding carboxylic acids is 1. The maximum absolute atomic E-state index is 11.4. The Kier molecular flexibility index (Phi) is 2.96. The topological polar surface area (TPSA) is 38.8 Å². The average molecular weight is 235 g/mol. The second kappa shape index (κ2) is 4.28. The van der Waals surface area contributed by atoms with Gasteiger partial charge in [0.1, 0.15) is 5.75 Å². The van der Waals surface area contributed by atoms with Crippen molar-refractivity contribution in [1.82, 2.24) is 4.90 Å². The molecule has 0 bridgehead atoms. The molecule has 0 saturated carbocycles. The highest BCUT2D eigenvalue weighted by atomic mass is 16.6. The Morgan fingerprint density at radius 1 is 1.41 bits per heavy atom. The van der Waals surface area contributed by atoms with Crippen molar-refractivity contribution in [1.29, 1.82) is 0 Å². The first-order valence-electron chi connectivity index (χ1n) is 5.72. The summed E-state index contributed by atoms with van der Waals surface area (Å²) in [5, 5.41) is 0. The van der Waals surface area contributed by atoms with Crippen LogP contribution >= 0.6 is 0 Å². The summed E-state index contributed by atoms with van der Waals surface area (Å²) in [4.78, 5) is 13.0. The smallest absolute Gasteiger partial charge is 0.410 e. The monoisotopic (exact) mass is 235 g/mol. The first kappa shape index (κ1) is 11.8. The van der Waals surface area contributed by atoms with Crippen molar-refractivity contribution in [2.24, 2.45) is 0 Å². The van der Waals surface area contributed by atoms with E-state index in [0.29, 0.717) is 13.2 Å². The molecule has 0 radical (unpaired) electrons. The van der Waals surface area contributed by atoms with Gasteiger partial charge in [-0.05, 0) is 31.5 Å².